The van der Waals surface area contributed by atoms with E-state index < -0.39 is 0 Å². The van der Waals surface area contributed by atoms with Crippen molar-refractivity contribution in [3.63, 3.8) is 0 Å². The van der Waals surface area contributed by atoms with Crippen LogP contribution in [-0.2, 0) is 6.54 Å². The molecule has 2 rings (SSSR count). The number of carbonyl (C=O) groups excluding carboxylic acids is 1. The summed E-state index contributed by atoms with van der Waals surface area (Å²) in [6, 6.07) is 0. The molecule has 3 nitrogen and oxygen atoms in total. The van der Waals surface area contributed by atoms with Gasteiger partial charge in [-0.25, -0.2) is 4.98 Å². The van der Waals surface area contributed by atoms with E-state index in [0.717, 1.165) is 18.7 Å². The normalized spacial score (nSPS) is 18.3. The first kappa shape index (κ1) is 9.44. The molecule has 0 amide bonds. The van der Waals surface area contributed by atoms with Crippen LogP contribution in [-0.4, -0.2) is 15.8 Å². The molecule has 76 valence electrons. The predicted molar refractivity (Wildman–Crippen MR) is 54.2 cm³/mol. The Morgan fingerprint density at radius 3 is 2.86 bits per heavy atom. The lowest BCUT2D eigenvalue weighted by Gasteiger charge is -2.21. The average molecular weight is 192 g/mol. The molecule has 0 N–H and O–H groups in total. The lowest BCUT2D eigenvalue weighted by atomic mass is 9.89. The summed E-state index contributed by atoms with van der Waals surface area (Å²) in [5.74, 6) is 0.789. The van der Waals surface area contributed by atoms with E-state index in [1.807, 2.05) is 10.8 Å². The van der Waals surface area contributed by atoms with Gasteiger partial charge in [0.15, 0.2) is 6.29 Å². The molecule has 1 saturated carbocycles. The van der Waals surface area contributed by atoms with Gasteiger partial charge in [0.1, 0.15) is 5.69 Å². The van der Waals surface area contributed by atoms with Gasteiger partial charge in [0.2, 0.25) is 0 Å². The molecule has 0 spiro atoms. The van der Waals surface area contributed by atoms with Crippen LogP contribution in [0.2, 0.25) is 0 Å². The van der Waals surface area contributed by atoms with Crippen LogP contribution < -0.4 is 0 Å². The molecule has 14 heavy (non-hydrogen) atoms. The molecule has 0 bridgehead atoms. The van der Waals surface area contributed by atoms with Gasteiger partial charge in [-0.3, -0.25) is 4.79 Å². The Morgan fingerprint density at radius 2 is 2.21 bits per heavy atom. The Balaban J connectivity index is 1.92. The van der Waals surface area contributed by atoms with Crippen LogP contribution in [0.5, 0.6) is 0 Å². The molecule has 0 aliphatic heterocycles. The zero-order valence-electron chi connectivity index (χ0n) is 8.35. The van der Waals surface area contributed by atoms with Crippen LogP contribution in [0.3, 0.4) is 0 Å². The molecule has 0 aromatic carbocycles. The molecule has 1 aliphatic rings. The molecule has 1 aliphatic carbocycles. The van der Waals surface area contributed by atoms with Crippen molar-refractivity contribution in [1.29, 1.82) is 0 Å². The first-order valence-corrected chi connectivity index (χ1v) is 5.35. The number of imidazole rings is 1. The fourth-order valence-corrected chi connectivity index (χ4v) is 2.21. The van der Waals surface area contributed by atoms with Gasteiger partial charge in [-0.2, -0.15) is 0 Å². The highest BCUT2D eigenvalue weighted by molar-refractivity contribution is 5.70. The van der Waals surface area contributed by atoms with E-state index >= 15 is 0 Å². The highest BCUT2D eigenvalue weighted by atomic mass is 16.1. The fourth-order valence-electron chi connectivity index (χ4n) is 2.21. The standard InChI is InChI=1S/C11H16N2O/c14-8-11-7-13(9-12-11)6-10-4-2-1-3-5-10/h7-10H,1-6H2. The van der Waals surface area contributed by atoms with Crippen molar-refractivity contribution in [1.82, 2.24) is 9.55 Å². The Bertz CT molecular complexity index is 300. The predicted octanol–water partition coefficient (Wildman–Crippen LogP) is 2.28. The van der Waals surface area contributed by atoms with E-state index in [4.69, 9.17) is 0 Å². The first-order chi connectivity index (χ1) is 6.88. The van der Waals surface area contributed by atoms with Crippen molar-refractivity contribution in [2.24, 2.45) is 5.92 Å². The summed E-state index contributed by atoms with van der Waals surface area (Å²) in [4.78, 5) is 14.4. The van der Waals surface area contributed by atoms with Gasteiger partial charge in [-0.05, 0) is 18.8 Å². The second kappa shape index (κ2) is 4.40. The van der Waals surface area contributed by atoms with Crippen LogP contribution in [0.1, 0.15) is 42.6 Å². The Morgan fingerprint density at radius 1 is 1.43 bits per heavy atom. The number of nitrogens with zero attached hydrogens (tertiary/aromatic N) is 2. The maximum absolute atomic E-state index is 10.4. The molecule has 0 saturated heterocycles. The van der Waals surface area contributed by atoms with Crippen molar-refractivity contribution >= 4 is 6.29 Å². The van der Waals surface area contributed by atoms with E-state index in [-0.39, 0.29) is 0 Å². The second-order valence-corrected chi connectivity index (χ2v) is 4.12. The summed E-state index contributed by atoms with van der Waals surface area (Å²) in [5, 5.41) is 0. The van der Waals surface area contributed by atoms with Crippen molar-refractivity contribution in [3.8, 4) is 0 Å². The minimum absolute atomic E-state index is 0.542. The van der Waals surface area contributed by atoms with E-state index in [2.05, 4.69) is 4.98 Å². The maximum Gasteiger partial charge on any atom is 0.169 e. The van der Waals surface area contributed by atoms with Gasteiger partial charge in [0, 0.05) is 12.7 Å². The number of aromatic nitrogens is 2. The summed E-state index contributed by atoms with van der Waals surface area (Å²) in [7, 11) is 0. The lowest BCUT2D eigenvalue weighted by molar-refractivity contribution is 0.111. The van der Waals surface area contributed by atoms with Crippen LogP contribution in [0.15, 0.2) is 12.5 Å². The van der Waals surface area contributed by atoms with Crippen LogP contribution in [0.25, 0.3) is 0 Å². The third-order valence-electron chi connectivity index (χ3n) is 2.97. The van der Waals surface area contributed by atoms with Gasteiger partial charge in [-0.1, -0.05) is 19.3 Å². The van der Waals surface area contributed by atoms with E-state index in [1.165, 1.54) is 32.1 Å². The highest BCUT2D eigenvalue weighted by Crippen LogP contribution is 2.24. The third kappa shape index (κ3) is 2.22. The molecule has 3 heteroatoms. The van der Waals surface area contributed by atoms with Crippen molar-refractivity contribution in [2.75, 3.05) is 0 Å². The van der Waals surface area contributed by atoms with E-state index in [1.54, 1.807) is 6.33 Å². The van der Waals surface area contributed by atoms with Gasteiger partial charge in [-0.15, -0.1) is 0 Å². The third-order valence-corrected chi connectivity index (χ3v) is 2.97. The highest BCUT2D eigenvalue weighted by Gasteiger charge is 2.13. The molecule has 1 fully saturated rings. The van der Waals surface area contributed by atoms with Crippen molar-refractivity contribution < 1.29 is 4.79 Å². The number of hydrogen-bond acceptors (Lipinski definition) is 2. The summed E-state index contributed by atoms with van der Waals surface area (Å²) < 4.78 is 2.04. The maximum atomic E-state index is 10.4. The quantitative estimate of drug-likeness (QED) is 0.688. The summed E-state index contributed by atoms with van der Waals surface area (Å²) in [6.07, 6.45) is 11.2. The summed E-state index contributed by atoms with van der Waals surface area (Å²) in [6.45, 7) is 1.03. The summed E-state index contributed by atoms with van der Waals surface area (Å²) in [5.41, 5.74) is 0.542. The van der Waals surface area contributed by atoms with Crippen LogP contribution in [0, 0.1) is 5.92 Å². The van der Waals surface area contributed by atoms with Gasteiger partial charge in [0.05, 0.1) is 6.33 Å². The largest absolute Gasteiger partial charge is 0.336 e. The number of rotatable bonds is 3. The minimum atomic E-state index is 0.542. The molecule has 0 atom stereocenters. The monoisotopic (exact) mass is 192 g/mol. The second-order valence-electron chi connectivity index (χ2n) is 4.12. The topological polar surface area (TPSA) is 34.9 Å². The Kier molecular flexibility index (Phi) is 2.96. The van der Waals surface area contributed by atoms with Gasteiger partial charge in [0.25, 0.3) is 0 Å². The van der Waals surface area contributed by atoms with Crippen molar-refractivity contribution in [2.45, 2.75) is 38.6 Å². The molecule has 1 aromatic heterocycles. The molecule has 1 aromatic rings. The molecular formula is C11H16N2O. The Hall–Kier alpha value is -1.12. The van der Waals surface area contributed by atoms with Gasteiger partial charge < -0.3 is 4.57 Å². The van der Waals surface area contributed by atoms with Crippen LogP contribution >= 0.6 is 0 Å². The molecule has 0 radical (unpaired) electrons. The zero-order chi connectivity index (χ0) is 9.80. The first-order valence-electron chi connectivity index (χ1n) is 5.35. The smallest absolute Gasteiger partial charge is 0.169 e. The molecular weight excluding hydrogens is 176 g/mol. The van der Waals surface area contributed by atoms with Crippen molar-refractivity contribution in [3.05, 3.63) is 18.2 Å². The zero-order valence-corrected chi connectivity index (χ0v) is 8.35. The minimum Gasteiger partial charge on any atom is -0.336 e. The number of carbonyl (C=O) groups is 1. The Labute approximate surface area is 84.1 Å². The average Bonchev–Trinajstić information content (AvgIpc) is 2.67. The number of aldehydes is 1. The lowest BCUT2D eigenvalue weighted by Crippen LogP contribution is -2.12. The number of hydrogen-bond donors (Lipinski definition) is 0. The molecule has 1 heterocycles. The van der Waals surface area contributed by atoms with Gasteiger partial charge >= 0.3 is 0 Å². The van der Waals surface area contributed by atoms with Crippen LogP contribution in [0.4, 0.5) is 0 Å². The SMILES string of the molecule is O=Cc1cn(CC2CCCCC2)cn1. The fraction of sp³-hybridized carbons (Fsp3) is 0.636. The summed E-state index contributed by atoms with van der Waals surface area (Å²) >= 11 is 0. The van der Waals surface area contributed by atoms with E-state index in [9.17, 15) is 4.79 Å². The molecule has 0 unspecified atom stereocenters. The van der Waals surface area contributed by atoms with E-state index in [0.29, 0.717) is 5.69 Å².